The number of nitrogens with zero attached hydrogens (tertiary/aromatic N) is 3. The molecule has 2 aromatic carbocycles. The van der Waals surface area contributed by atoms with E-state index in [0.29, 0.717) is 30.1 Å². The summed E-state index contributed by atoms with van der Waals surface area (Å²) >= 11 is 0. The second-order valence-electron chi connectivity index (χ2n) is 8.92. The number of aromatic amines is 1. The van der Waals surface area contributed by atoms with Gasteiger partial charge in [-0.05, 0) is 48.2 Å². The Balaban J connectivity index is 1.60. The van der Waals surface area contributed by atoms with E-state index in [2.05, 4.69) is 9.97 Å². The fourth-order valence-corrected chi connectivity index (χ4v) is 4.35. The number of ether oxygens (including phenoxy) is 2. The zero-order valence-corrected chi connectivity index (χ0v) is 21.2. The van der Waals surface area contributed by atoms with Gasteiger partial charge in [0.25, 0.3) is 5.56 Å². The normalized spacial score (nSPS) is 12.2. The maximum absolute atomic E-state index is 13.0. The smallest absolute Gasteiger partial charge is 0.330 e. The van der Waals surface area contributed by atoms with E-state index in [1.165, 1.54) is 4.57 Å². The third-order valence-electron chi connectivity index (χ3n) is 6.42. The van der Waals surface area contributed by atoms with E-state index in [1.54, 1.807) is 18.6 Å². The second kappa shape index (κ2) is 10.8. The number of hydrogen-bond donors (Lipinski definition) is 1. The number of esters is 1. The van der Waals surface area contributed by atoms with Gasteiger partial charge in [0.05, 0.1) is 13.0 Å². The Bertz CT molecular complexity index is 1510. The molecule has 0 saturated heterocycles. The van der Waals surface area contributed by atoms with Crippen LogP contribution in [-0.4, -0.2) is 32.2 Å². The SMILES string of the molecule is CCCCn1c(=O)[nH]c(=O)c2c1nc(COC(=O)C(C)c1ccc3cc(OC)ccc3c1)n2CCC. The molecule has 0 amide bonds. The van der Waals surface area contributed by atoms with Crippen molar-refractivity contribution < 1.29 is 14.3 Å². The zero-order valence-electron chi connectivity index (χ0n) is 21.2. The monoisotopic (exact) mass is 492 g/mol. The van der Waals surface area contributed by atoms with Crippen molar-refractivity contribution in [2.45, 2.75) is 65.6 Å². The lowest BCUT2D eigenvalue weighted by atomic mass is 9.98. The zero-order chi connectivity index (χ0) is 25.8. The van der Waals surface area contributed by atoms with Crippen molar-refractivity contribution in [3.8, 4) is 5.75 Å². The number of methoxy groups -OCH3 is 1. The summed E-state index contributed by atoms with van der Waals surface area (Å²) in [6, 6.07) is 11.6. The molecule has 1 unspecified atom stereocenters. The van der Waals surface area contributed by atoms with Gasteiger partial charge < -0.3 is 14.0 Å². The Morgan fingerprint density at radius 2 is 1.78 bits per heavy atom. The van der Waals surface area contributed by atoms with E-state index >= 15 is 0 Å². The highest BCUT2D eigenvalue weighted by Gasteiger charge is 2.22. The third-order valence-corrected chi connectivity index (χ3v) is 6.42. The van der Waals surface area contributed by atoms with Gasteiger partial charge in [-0.3, -0.25) is 19.1 Å². The highest BCUT2D eigenvalue weighted by Crippen LogP contribution is 2.26. The molecule has 2 aromatic heterocycles. The number of benzene rings is 2. The van der Waals surface area contributed by atoms with Crippen molar-refractivity contribution in [3.63, 3.8) is 0 Å². The predicted molar refractivity (Wildman–Crippen MR) is 139 cm³/mol. The van der Waals surface area contributed by atoms with Crippen molar-refractivity contribution in [2.75, 3.05) is 7.11 Å². The first-order valence-electron chi connectivity index (χ1n) is 12.3. The van der Waals surface area contributed by atoms with Crippen molar-refractivity contribution in [3.05, 3.63) is 68.6 Å². The number of H-pyrrole nitrogens is 1. The van der Waals surface area contributed by atoms with E-state index in [1.807, 2.05) is 50.2 Å². The molecule has 9 nitrogen and oxygen atoms in total. The summed E-state index contributed by atoms with van der Waals surface area (Å²) in [5, 5.41) is 2.02. The molecule has 0 saturated carbocycles. The van der Waals surface area contributed by atoms with Crippen LogP contribution in [0.2, 0.25) is 0 Å². The van der Waals surface area contributed by atoms with Gasteiger partial charge in [0.15, 0.2) is 11.2 Å². The summed E-state index contributed by atoms with van der Waals surface area (Å²) in [4.78, 5) is 45.1. The Morgan fingerprint density at radius 3 is 2.50 bits per heavy atom. The number of rotatable bonds is 10. The number of fused-ring (bicyclic) bond motifs is 2. The molecule has 2 heterocycles. The van der Waals surface area contributed by atoms with Crippen molar-refractivity contribution >= 4 is 27.9 Å². The van der Waals surface area contributed by atoms with E-state index in [9.17, 15) is 14.4 Å². The Morgan fingerprint density at radius 1 is 1.03 bits per heavy atom. The average molecular weight is 493 g/mol. The van der Waals surface area contributed by atoms with Gasteiger partial charge in [0.2, 0.25) is 0 Å². The summed E-state index contributed by atoms with van der Waals surface area (Å²) in [5.41, 5.74) is 0.534. The van der Waals surface area contributed by atoms with Crippen LogP contribution in [0.5, 0.6) is 5.75 Å². The molecule has 0 aliphatic rings. The summed E-state index contributed by atoms with van der Waals surface area (Å²) < 4.78 is 14.2. The number of imidazole rings is 1. The number of unbranched alkanes of at least 4 members (excludes halogenated alkanes) is 1. The maximum atomic E-state index is 13.0. The van der Waals surface area contributed by atoms with Crippen LogP contribution in [-0.2, 0) is 29.2 Å². The molecule has 1 atom stereocenters. The van der Waals surface area contributed by atoms with E-state index in [0.717, 1.165) is 41.3 Å². The van der Waals surface area contributed by atoms with E-state index in [-0.39, 0.29) is 6.61 Å². The molecule has 4 aromatic rings. The molecule has 0 fully saturated rings. The van der Waals surface area contributed by atoms with Crippen LogP contribution in [0, 0.1) is 0 Å². The lowest BCUT2D eigenvalue weighted by Gasteiger charge is -2.13. The fourth-order valence-electron chi connectivity index (χ4n) is 4.35. The minimum atomic E-state index is -0.494. The molecular weight excluding hydrogens is 460 g/mol. The van der Waals surface area contributed by atoms with Crippen LogP contribution in [0.1, 0.15) is 57.3 Å². The molecule has 4 rings (SSSR count). The number of aromatic nitrogens is 4. The van der Waals surface area contributed by atoms with Gasteiger partial charge in [-0.1, -0.05) is 44.5 Å². The van der Waals surface area contributed by atoms with Crippen LogP contribution in [0.25, 0.3) is 21.9 Å². The average Bonchev–Trinajstić information content (AvgIpc) is 3.24. The highest BCUT2D eigenvalue weighted by molar-refractivity contribution is 5.86. The van der Waals surface area contributed by atoms with Crippen molar-refractivity contribution in [2.24, 2.45) is 0 Å². The predicted octanol–water partition coefficient (Wildman–Crippen LogP) is 4.11. The first-order valence-corrected chi connectivity index (χ1v) is 12.3. The second-order valence-corrected chi connectivity index (χ2v) is 8.92. The summed E-state index contributed by atoms with van der Waals surface area (Å²) in [6.45, 7) is 6.69. The quantitative estimate of drug-likeness (QED) is 0.334. The Hall–Kier alpha value is -3.88. The molecule has 0 radical (unpaired) electrons. The summed E-state index contributed by atoms with van der Waals surface area (Å²) in [6.07, 6.45) is 2.42. The number of aryl methyl sites for hydroxylation is 2. The van der Waals surface area contributed by atoms with Gasteiger partial charge >= 0.3 is 11.7 Å². The van der Waals surface area contributed by atoms with Gasteiger partial charge in [0, 0.05) is 13.1 Å². The molecule has 0 aliphatic carbocycles. The van der Waals surface area contributed by atoms with E-state index < -0.39 is 23.1 Å². The lowest BCUT2D eigenvalue weighted by molar-refractivity contribution is -0.146. The van der Waals surface area contributed by atoms with Crippen molar-refractivity contribution in [1.82, 2.24) is 19.1 Å². The number of nitrogens with one attached hydrogen (secondary N) is 1. The Labute approximate surface area is 208 Å². The Kier molecular flexibility index (Phi) is 7.57. The van der Waals surface area contributed by atoms with Crippen LogP contribution in [0.4, 0.5) is 0 Å². The first kappa shape index (κ1) is 25.2. The van der Waals surface area contributed by atoms with Crippen LogP contribution >= 0.6 is 0 Å². The topological polar surface area (TPSA) is 108 Å². The highest BCUT2D eigenvalue weighted by atomic mass is 16.5. The van der Waals surface area contributed by atoms with Gasteiger partial charge in [0.1, 0.15) is 18.2 Å². The lowest BCUT2D eigenvalue weighted by Crippen LogP contribution is -2.31. The maximum Gasteiger partial charge on any atom is 0.330 e. The molecule has 1 N–H and O–H groups in total. The molecule has 0 spiro atoms. The fraction of sp³-hybridized carbons (Fsp3) is 0.407. The van der Waals surface area contributed by atoms with Crippen LogP contribution < -0.4 is 16.0 Å². The summed E-state index contributed by atoms with van der Waals surface area (Å²) in [5.74, 6) is 0.331. The van der Waals surface area contributed by atoms with Crippen LogP contribution in [0.15, 0.2) is 46.0 Å². The minimum absolute atomic E-state index is 0.0932. The largest absolute Gasteiger partial charge is 0.497 e. The molecule has 0 aliphatic heterocycles. The van der Waals surface area contributed by atoms with Crippen LogP contribution in [0.3, 0.4) is 0 Å². The number of hydrogen-bond acceptors (Lipinski definition) is 6. The minimum Gasteiger partial charge on any atom is -0.497 e. The van der Waals surface area contributed by atoms with Crippen molar-refractivity contribution in [1.29, 1.82) is 0 Å². The molecule has 0 bridgehead atoms. The van der Waals surface area contributed by atoms with Gasteiger partial charge in [-0.15, -0.1) is 0 Å². The third kappa shape index (κ3) is 4.91. The number of carbonyl (C=O) groups excluding carboxylic acids is 1. The van der Waals surface area contributed by atoms with E-state index in [4.69, 9.17) is 9.47 Å². The standard InChI is InChI=1S/C27H32N4O5/c1-5-7-13-31-24-23(25(32)29-27(31)34)30(12-6-2)22(28-24)16-36-26(33)17(3)18-8-9-20-15-21(35-4)11-10-19(20)14-18/h8-11,14-15,17H,5-7,12-13,16H2,1-4H3,(H,29,32,34). The molecule has 36 heavy (non-hydrogen) atoms. The number of carbonyl (C=O) groups is 1. The van der Waals surface area contributed by atoms with Gasteiger partial charge in [-0.2, -0.15) is 0 Å². The first-order chi connectivity index (χ1) is 17.4. The molecule has 9 heteroatoms. The molecular formula is C27H32N4O5. The molecule has 190 valence electrons. The summed E-state index contributed by atoms with van der Waals surface area (Å²) in [7, 11) is 1.63. The van der Waals surface area contributed by atoms with Gasteiger partial charge in [-0.25, -0.2) is 9.78 Å².